The van der Waals surface area contributed by atoms with Gasteiger partial charge in [-0.05, 0) is 30.3 Å². The van der Waals surface area contributed by atoms with Crippen LogP contribution in [-0.2, 0) is 18.6 Å². The first-order valence-corrected chi connectivity index (χ1v) is 10.5. The molecule has 0 saturated carbocycles. The van der Waals surface area contributed by atoms with Crippen molar-refractivity contribution in [2.45, 2.75) is 32.4 Å². The molecule has 0 spiro atoms. The summed E-state index contributed by atoms with van der Waals surface area (Å²) in [6.45, 7) is 5.24. The number of alkyl halides is 3. The number of rotatable bonds is 4. The molecule has 4 aromatic rings. The van der Waals surface area contributed by atoms with Gasteiger partial charge in [-0.25, -0.2) is 9.50 Å². The average Bonchev–Trinajstić information content (AvgIpc) is 3.38. The van der Waals surface area contributed by atoms with E-state index in [1.807, 2.05) is 0 Å². The first-order valence-electron chi connectivity index (χ1n) is 10.5. The molecule has 182 valence electrons. The van der Waals surface area contributed by atoms with Crippen LogP contribution in [0.2, 0.25) is 0 Å². The Hall–Kier alpha value is -4.22. The van der Waals surface area contributed by atoms with Crippen molar-refractivity contribution in [1.82, 2.24) is 24.4 Å². The number of anilines is 2. The van der Waals surface area contributed by atoms with Gasteiger partial charge in [0.15, 0.2) is 17.0 Å². The fourth-order valence-corrected chi connectivity index (χ4v) is 3.27. The van der Waals surface area contributed by atoms with Crippen molar-refractivity contribution in [3.63, 3.8) is 0 Å². The molecule has 0 saturated heterocycles. The highest BCUT2D eigenvalue weighted by Crippen LogP contribution is 2.32. The van der Waals surface area contributed by atoms with E-state index >= 15 is 0 Å². The molecule has 0 fully saturated rings. The number of carbonyl (C=O) groups excluding carboxylic acids is 2. The SMILES string of the molecule is Cn1ccc(C(=O)Nc2cccc(NC(=O)c3cc4nc(C(C)(C)C)cc(C(F)(F)F)n4n3)c2)n1. The molecule has 3 heterocycles. The van der Waals surface area contributed by atoms with E-state index in [-0.39, 0.29) is 22.7 Å². The van der Waals surface area contributed by atoms with E-state index in [4.69, 9.17) is 0 Å². The number of aryl methyl sites for hydroxylation is 1. The Bertz CT molecular complexity index is 1430. The molecule has 35 heavy (non-hydrogen) atoms. The lowest BCUT2D eigenvalue weighted by atomic mass is 9.91. The van der Waals surface area contributed by atoms with E-state index in [2.05, 4.69) is 25.8 Å². The molecular weight excluding hydrogens is 463 g/mol. The molecule has 0 bridgehead atoms. The molecule has 12 heteroatoms. The molecular formula is C23H22F3N7O2. The number of hydrogen-bond acceptors (Lipinski definition) is 5. The fraction of sp³-hybridized carbons (Fsp3) is 0.261. The van der Waals surface area contributed by atoms with E-state index in [9.17, 15) is 22.8 Å². The van der Waals surface area contributed by atoms with Gasteiger partial charge in [0.2, 0.25) is 0 Å². The van der Waals surface area contributed by atoms with Crippen LogP contribution < -0.4 is 10.6 Å². The Morgan fingerprint density at radius 3 is 2.06 bits per heavy atom. The predicted octanol–water partition coefficient (Wildman–Crippen LogP) is 4.28. The molecule has 0 aliphatic rings. The van der Waals surface area contributed by atoms with Gasteiger partial charge in [0.05, 0.1) is 5.69 Å². The van der Waals surface area contributed by atoms with Crippen LogP contribution in [0.25, 0.3) is 5.65 Å². The smallest absolute Gasteiger partial charge is 0.321 e. The van der Waals surface area contributed by atoms with Gasteiger partial charge in [-0.1, -0.05) is 26.8 Å². The Labute approximate surface area is 198 Å². The number of fused-ring (bicyclic) bond motifs is 1. The Kier molecular flexibility index (Phi) is 5.83. The van der Waals surface area contributed by atoms with E-state index in [1.54, 1.807) is 58.3 Å². The normalized spacial score (nSPS) is 12.1. The van der Waals surface area contributed by atoms with Gasteiger partial charge >= 0.3 is 6.18 Å². The minimum absolute atomic E-state index is 0.0914. The molecule has 2 amide bonds. The van der Waals surface area contributed by atoms with Gasteiger partial charge in [-0.2, -0.15) is 23.4 Å². The van der Waals surface area contributed by atoms with Gasteiger partial charge < -0.3 is 10.6 Å². The van der Waals surface area contributed by atoms with Crippen LogP contribution in [0, 0.1) is 0 Å². The van der Waals surface area contributed by atoms with Crippen molar-refractivity contribution < 1.29 is 22.8 Å². The van der Waals surface area contributed by atoms with Crippen molar-refractivity contribution >= 4 is 28.8 Å². The van der Waals surface area contributed by atoms with Crippen LogP contribution in [0.15, 0.2) is 48.7 Å². The highest BCUT2D eigenvalue weighted by atomic mass is 19.4. The molecule has 9 nitrogen and oxygen atoms in total. The first-order chi connectivity index (χ1) is 16.3. The number of amides is 2. The van der Waals surface area contributed by atoms with Crippen molar-refractivity contribution in [1.29, 1.82) is 0 Å². The summed E-state index contributed by atoms with van der Waals surface area (Å²) in [5, 5.41) is 13.1. The van der Waals surface area contributed by atoms with Crippen LogP contribution in [0.1, 0.15) is 53.1 Å². The summed E-state index contributed by atoms with van der Waals surface area (Å²) < 4.78 is 43.2. The van der Waals surface area contributed by atoms with Crippen molar-refractivity contribution in [3.8, 4) is 0 Å². The van der Waals surface area contributed by atoms with E-state index in [1.165, 1.54) is 16.8 Å². The van der Waals surface area contributed by atoms with E-state index in [0.717, 1.165) is 6.07 Å². The van der Waals surface area contributed by atoms with Gasteiger partial charge in [0, 0.05) is 36.1 Å². The zero-order valence-electron chi connectivity index (χ0n) is 19.3. The molecule has 3 aromatic heterocycles. The molecule has 4 rings (SSSR count). The molecule has 0 radical (unpaired) electrons. The second-order valence-electron chi connectivity index (χ2n) is 8.94. The van der Waals surface area contributed by atoms with Crippen molar-refractivity contribution in [2.24, 2.45) is 7.05 Å². The van der Waals surface area contributed by atoms with E-state index < -0.39 is 29.1 Å². The average molecular weight is 485 g/mol. The van der Waals surface area contributed by atoms with Gasteiger partial charge in [-0.15, -0.1) is 0 Å². The van der Waals surface area contributed by atoms with Crippen LogP contribution >= 0.6 is 0 Å². The third-order valence-electron chi connectivity index (χ3n) is 5.04. The highest BCUT2D eigenvalue weighted by Gasteiger charge is 2.36. The highest BCUT2D eigenvalue weighted by molar-refractivity contribution is 6.05. The number of nitrogens with zero attached hydrogens (tertiary/aromatic N) is 5. The number of benzene rings is 1. The zero-order chi connectivity index (χ0) is 25.5. The monoisotopic (exact) mass is 485 g/mol. The second kappa shape index (κ2) is 8.53. The molecule has 1 aromatic carbocycles. The van der Waals surface area contributed by atoms with E-state index in [0.29, 0.717) is 15.9 Å². The minimum atomic E-state index is -4.69. The summed E-state index contributed by atoms with van der Waals surface area (Å²) in [5.41, 5.74) is -0.854. The number of aromatic nitrogens is 5. The minimum Gasteiger partial charge on any atom is -0.321 e. The molecule has 0 aliphatic carbocycles. The number of carbonyl (C=O) groups is 2. The Morgan fingerprint density at radius 1 is 0.886 bits per heavy atom. The molecule has 0 unspecified atom stereocenters. The molecule has 2 N–H and O–H groups in total. The molecule has 0 aliphatic heterocycles. The van der Waals surface area contributed by atoms with Crippen LogP contribution in [0.3, 0.4) is 0 Å². The topological polar surface area (TPSA) is 106 Å². The third kappa shape index (κ3) is 5.15. The molecule has 0 atom stereocenters. The lowest BCUT2D eigenvalue weighted by molar-refractivity contribution is -0.142. The lowest BCUT2D eigenvalue weighted by Crippen LogP contribution is -2.20. The number of halogens is 3. The second-order valence-corrected chi connectivity index (χ2v) is 8.94. The maximum absolute atomic E-state index is 13.7. The van der Waals surface area contributed by atoms with Gasteiger partial charge in [0.1, 0.15) is 5.69 Å². The summed E-state index contributed by atoms with van der Waals surface area (Å²) in [5.74, 6) is -1.16. The van der Waals surface area contributed by atoms with Crippen LogP contribution in [0.5, 0.6) is 0 Å². The third-order valence-corrected chi connectivity index (χ3v) is 5.04. The summed E-state index contributed by atoms with van der Waals surface area (Å²) in [6.07, 6.45) is -3.06. The van der Waals surface area contributed by atoms with Crippen molar-refractivity contribution in [3.05, 3.63) is 71.4 Å². The number of hydrogen-bond donors (Lipinski definition) is 2. The Balaban J connectivity index is 1.59. The lowest BCUT2D eigenvalue weighted by Gasteiger charge is -2.19. The fourth-order valence-electron chi connectivity index (χ4n) is 3.27. The Morgan fingerprint density at radius 2 is 1.51 bits per heavy atom. The quantitative estimate of drug-likeness (QED) is 0.449. The predicted molar refractivity (Wildman–Crippen MR) is 122 cm³/mol. The standard InChI is InChI=1S/C23H22F3N7O2/c1-22(2,3)17-12-18(23(24,25)26)33-19(29-17)11-16(31-33)21(35)28-14-7-5-6-13(10-14)27-20(34)15-8-9-32(4)30-15/h5-12H,1-4H3,(H,27,34)(H,28,35). The van der Waals surface area contributed by atoms with Crippen molar-refractivity contribution in [2.75, 3.05) is 10.6 Å². The largest absolute Gasteiger partial charge is 0.433 e. The van der Waals surface area contributed by atoms with Gasteiger partial charge in [0.25, 0.3) is 11.8 Å². The number of nitrogens with one attached hydrogen (secondary N) is 2. The summed E-state index contributed by atoms with van der Waals surface area (Å²) in [6, 6.07) is 9.99. The maximum atomic E-state index is 13.7. The summed E-state index contributed by atoms with van der Waals surface area (Å²) in [7, 11) is 1.68. The van der Waals surface area contributed by atoms with Gasteiger partial charge in [-0.3, -0.25) is 14.3 Å². The maximum Gasteiger partial charge on any atom is 0.433 e. The first kappa shape index (κ1) is 23.9. The summed E-state index contributed by atoms with van der Waals surface area (Å²) in [4.78, 5) is 29.4. The zero-order valence-corrected chi connectivity index (χ0v) is 19.3. The summed E-state index contributed by atoms with van der Waals surface area (Å²) >= 11 is 0. The van der Waals surface area contributed by atoms with Crippen LogP contribution in [0.4, 0.5) is 24.5 Å². The van der Waals surface area contributed by atoms with Crippen LogP contribution in [-0.4, -0.2) is 36.2 Å².